The van der Waals surface area contributed by atoms with Crippen molar-refractivity contribution in [1.82, 2.24) is 0 Å². The topological polar surface area (TPSA) is 29.5 Å². The Balaban J connectivity index is 2.62. The molecule has 0 saturated carbocycles. The Hall–Kier alpha value is -0.550. The van der Waals surface area contributed by atoms with E-state index >= 15 is 0 Å². The van der Waals surface area contributed by atoms with Crippen LogP contribution in [0, 0.1) is 0 Å². The van der Waals surface area contributed by atoms with E-state index in [9.17, 15) is 18.3 Å². The summed E-state index contributed by atoms with van der Waals surface area (Å²) in [6, 6.07) is 0. The lowest BCUT2D eigenvalue weighted by atomic mass is 9.95. The van der Waals surface area contributed by atoms with Crippen molar-refractivity contribution in [3.63, 3.8) is 0 Å². The van der Waals surface area contributed by atoms with Crippen molar-refractivity contribution >= 4 is 0 Å². The first-order valence-corrected chi connectivity index (χ1v) is 6.54. The molecule has 1 heterocycles. The molecule has 18 heavy (non-hydrogen) atoms. The SMILES string of the molecule is CCCCCC/C=C1\CCCOC1(O)C(F)(F)F. The highest BCUT2D eigenvalue weighted by Gasteiger charge is 2.58. The third-order valence-electron chi connectivity index (χ3n) is 3.17. The second-order valence-corrected chi connectivity index (χ2v) is 4.67. The van der Waals surface area contributed by atoms with Crippen LogP contribution in [0.25, 0.3) is 0 Å². The van der Waals surface area contributed by atoms with Crippen molar-refractivity contribution < 1.29 is 23.0 Å². The summed E-state index contributed by atoms with van der Waals surface area (Å²) in [5.74, 6) is -3.06. The normalized spacial score (nSPS) is 27.7. The fourth-order valence-corrected chi connectivity index (χ4v) is 2.10. The zero-order chi connectivity index (χ0) is 13.6. The highest BCUT2D eigenvalue weighted by Crippen LogP contribution is 2.41. The number of halogens is 3. The first-order chi connectivity index (χ1) is 8.42. The van der Waals surface area contributed by atoms with Crippen LogP contribution in [0.2, 0.25) is 0 Å². The molecule has 0 aromatic heterocycles. The highest BCUT2D eigenvalue weighted by atomic mass is 19.4. The Labute approximate surface area is 106 Å². The van der Waals surface area contributed by atoms with Crippen molar-refractivity contribution in [3.8, 4) is 0 Å². The van der Waals surface area contributed by atoms with E-state index in [1.165, 1.54) is 6.08 Å². The third-order valence-corrected chi connectivity index (χ3v) is 3.17. The molecule has 1 aliphatic rings. The molecule has 5 heteroatoms. The van der Waals surface area contributed by atoms with E-state index in [0.717, 1.165) is 25.7 Å². The largest absolute Gasteiger partial charge is 0.447 e. The first-order valence-electron chi connectivity index (χ1n) is 6.54. The van der Waals surface area contributed by atoms with Crippen LogP contribution in [0.15, 0.2) is 11.6 Å². The minimum atomic E-state index is -4.76. The molecule has 1 aliphatic heterocycles. The number of allylic oxidation sites excluding steroid dienone is 1. The molecule has 1 rings (SSSR count). The lowest BCUT2D eigenvalue weighted by Crippen LogP contribution is -2.51. The van der Waals surface area contributed by atoms with Gasteiger partial charge in [-0.2, -0.15) is 13.2 Å². The number of hydrogen-bond donors (Lipinski definition) is 1. The summed E-state index contributed by atoms with van der Waals surface area (Å²) in [4.78, 5) is 0. The Kier molecular flexibility index (Phi) is 5.66. The number of ether oxygens (including phenoxy) is 1. The first kappa shape index (κ1) is 15.5. The Morgan fingerprint density at radius 2 is 2.06 bits per heavy atom. The van der Waals surface area contributed by atoms with Gasteiger partial charge in [0.1, 0.15) is 0 Å². The fraction of sp³-hybridized carbons (Fsp3) is 0.846. The predicted molar refractivity (Wildman–Crippen MR) is 63.0 cm³/mol. The Morgan fingerprint density at radius 1 is 1.33 bits per heavy atom. The summed E-state index contributed by atoms with van der Waals surface area (Å²) in [6.07, 6.45) is 2.12. The average molecular weight is 266 g/mol. The second kappa shape index (κ2) is 6.57. The molecule has 0 amide bonds. The van der Waals surface area contributed by atoms with E-state index < -0.39 is 12.0 Å². The molecular weight excluding hydrogens is 245 g/mol. The van der Waals surface area contributed by atoms with Gasteiger partial charge in [-0.1, -0.05) is 32.3 Å². The number of alkyl halides is 3. The van der Waals surface area contributed by atoms with Crippen molar-refractivity contribution in [3.05, 3.63) is 11.6 Å². The molecule has 1 N–H and O–H groups in total. The van der Waals surface area contributed by atoms with E-state index in [4.69, 9.17) is 0 Å². The number of rotatable bonds is 5. The standard InChI is InChI=1S/C13H21F3O2/c1-2-3-4-5-6-8-11-9-7-10-18-12(11,17)13(14,15)16/h8,17H,2-7,9-10H2,1H3/b11-8+. The summed E-state index contributed by atoms with van der Waals surface area (Å²) in [5.41, 5.74) is -0.0299. The van der Waals surface area contributed by atoms with Crippen LogP contribution in [0.3, 0.4) is 0 Å². The van der Waals surface area contributed by atoms with Gasteiger partial charge < -0.3 is 9.84 Å². The van der Waals surface area contributed by atoms with Crippen LogP contribution >= 0.6 is 0 Å². The molecule has 0 bridgehead atoms. The maximum atomic E-state index is 12.8. The molecule has 0 spiro atoms. The Morgan fingerprint density at radius 3 is 2.67 bits per heavy atom. The summed E-state index contributed by atoms with van der Waals surface area (Å²) < 4.78 is 43.0. The fourth-order valence-electron chi connectivity index (χ4n) is 2.10. The van der Waals surface area contributed by atoms with Gasteiger partial charge in [0, 0.05) is 0 Å². The summed E-state index contributed by atoms with van der Waals surface area (Å²) >= 11 is 0. The quantitative estimate of drug-likeness (QED) is 0.603. The van der Waals surface area contributed by atoms with Crippen LogP contribution in [0.5, 0.6) is 0 Å². The van der Waals surface area contributed by atoms with Crippen LogP contribution in [0.4, 0.5) is 13.2 Å². The number of aliphatic hydroxyl groups is 1. The molecule has 2 nitrogen and oxygen atoms in total. The van der Waals surface area contributed by atoms with Gasteiger partial charge in [0.05, 0.1) is 6.61 Å². The van der Waals surface area contributed by atoms with E-state index in [1.54, 1.807) is 0 Å². The van der Waals surface area contributed by atoms with Gasteiger partial charge in [-0.25, -0.2) is 0 Å². The maximum absolute atomic E-state index is 12.8. The molecular formula is C13H21F3O2. The molecule has 1 saturated heterocycles. The second-order valence-electron chi connectivity index (χ2n) is 4.67. The lowest BCUT2D eigenvalue weighted by Gasteiger charge is -2.36. The van der Waals surface area contributed by atoms with Crippen molar-refractivity contribution in [1.29, 1.82) is 0 Å². The van der Waals surface area contributed by atoms with Gasteiger partial charge in [0.25, 0.3) is 5.79 Å². The van der Waals surface area contributed by atoms with E-state index in [0.29, 0.717) is 12.8 Å². The zero-order valence-electron chi connectivity index (χ0n) is 10.7. The number of unbranched alkanes of at least 4 members (excludes halogenated alkanes) is 4. The summed E-state index contributed by atoms with van der Waals surface area (Å²) in [6.45, 7) is 2.03. The molecule has 1 unspecified atom stereocenters. The maximum Gasteiger partial charge on any atom is 0.447 e. The average Bonchev–Trinajstić information content (AvgIpc) is 2.30. The number of hydrogen-bond acceptors (Lipinski definition) is 2. The van der Waals surface area contributed by atoms with Crippen molar-refractivity contribution in [2.24, 2.45) is 0 Å². The van der Waals surface area contributed by atoms with Gasteiger partial charge in [-0.3, -0.25) is 0 Å². The highest BCUT2D eigenvalue weighted by molar-refractivity contribution is 5.17. The van der Waals surface area contributed by atoms with E-state index in [-0.39, 0.29) is 18.6 Å². The van der Waals surface area contributed by atoms with Crippen LogP contribution in [-0.4, -0.2) is 23.7 Å². The molecule has 106 valence electrons. The molecule has 1 atom stereocenters. The van der Waals surface area contributed by atoms with Crippen molar-refractivity contribution in [2.45, 2.75) is 63.8 Å². The van der Waals surface area contributed by atoms with Crippen LogP contribution < -0.4 is 0 Å². The minimum absolute atomic E-state index is 0.0299. The van der Waals surface area contributed by atoms with E-state index in [1.807, 2.05) is 0 Å². The van der Waals surface area contributed by atoms with Crippen molar-refractivity contribution in [2.75, 3.05) is 6.61 Å². The van der Waals surface area contributed by atoms with Gasteiger partial charge in [0.2, 0.25) is 0 Å². The Bertz CT molecular complexity index is 286. The van der Waals surface area contributed by atoms with Gasteiger partial charge in [0.15, 0.2) is 0 Å². The smallest absolute Gasteiger partial charge is 0.355 e. The zero-order valence-corrected chi connectivity index (χ0v) is 10.7. The van der Waals surface area contributed by atoms with Gasteiger partial charge in [-0.15, -0.1) is 0 Å². The molecule has 1 fully saturated rings. The van der Waals surface area contributed by atoms with E-state index in [2.05, 4.69) is 11.7 Å². The molecule has 0 radical (unpaired) electrons. The van der Waals surface area contributed by atoms with Gasteiger partial charge in [-0.05, 0) is 31.3 Å². The molecule has 0 aromatic carbocycles. The lowest BCUT2D eigenvalue weighted by molar-refractivity contribution is -0.353. The minimum Gasteiger partial charge on any atom is -0.355 e. The monoisotopic (exact) mass is 266 g/mol. The predicted octanol–water partition coefficient (Wildman–Crippen LogP) is 3.94. The summed E-state index contributed by atoms with van der Waals surface area (Å²) in [5, 5.41) is 9.65. The molecule has 0 aromatic rings. The van der Waals surface area contributed by atoms with Crippen LogP contribution in [-0.2, 0) is 4.74 Å². The van der Waals surface area contributed by atoms with Crippen LogP contribution in [0.1, 0.15) is 51.9 Å². The molecule has 0 aliphatic carbocycles. The van der Waals surface area contributed by atoms with Gasteiger partial charge >= 0.3 is 6.18 Å². The summed E-state index contributed by atoms with van der Waals surface area (Å²) in [7, 11) is 0. The third kappa shape index (κ3) is 3.72.